The third-order valence-corrected chi connectivity index (χ3v) is 3.63. The van der Waals surface area contributed by atoms with Crippen LogP contribution >= 0.6 is 0 Å². The third kappa shape index (κ3) is 4.52. The van der Waals surface area contributed by atoms with Crippen molar-refractivity contribution in [2.45, 2.75) is 58.5 Å². The lowest BCUT2D eigenvalue weighted by atomic mass is 9.78. The fraction of sp³-hybridized carbons (Fsp3) is 1.00. The van der Waals surface area contributed by atoms with E-state index in [0.717, 1.165) is 5.92 Å². The molecule has 1 unspecified atom stereocenters. The van der Waals surface area contributed by atoms with Crippen LogP contribution < -0.4 is 0 Å². The lowest BCUT2D eigenvalue weighted by Crippen LogP contribution is -2.29. The van der Waals surface area contributed by atoms with E-state index in [1.54, 1.807) is 0 Å². The molecule has 0 radical (unpaired) electrons. The van der Waals surface area contributed by atoms with Gasteiger partial charge in [-0.15, -0.1) is 0 Å². The second-order valence-corrected chi connectivity index (χ2v) is 4.80. The average Bonchev–Trinajstić information content (AvgIpc) is 2.27. The van der Waals surface area contributed by atoms with Gasteiger partial charge < -0.3 is 9.84 Å². The van der Waals surface area contributed by atoms with Crippen LogP contribution in [-0.4, -0.2) is 24.4 Å². The molecule has 0 bridgehead atoms. The fourth-order valence-electron chi connectivity index (χ4n) is 2.64. The van der Waals surface area contributed by atoms with Crippen LogP contribution in [0.15, 0.2) is 0 Å². The molecule has 1 atom stereocenters. The summed E-state index contributed by atoms with van der Waals surface area (Å²) in [5.74, 6) is 1.41. The minimum Gasteiger partial charge on any atom is -0.390 e. The van der Waals surface area contributed by atoms with Crippen molar-refractivity contribution in [2.75, 3.05) is 13.2 Å². The van der Waals surface area contributed by atoms with Gasteiger partial charge in [-0.2, -0.15) is 0 Å². The Bertz CT molecular complexity index is 151. The summed E-state index contributed by atoms with van der Waals surface area (Å²) >= 11 is 0. The quantitative estimate of drug-likeness (QED) is 0.736. The van der Waals surface area contributed by atoms with E-state index in [4.69, 9.17) is 4.74 Å². The zero-order valence-corrected chi connectivity index (χ0v) is 10.2. The Morgan fingerprint density at radius 3 is 2.40 bits per heavy atom. The van der Waals surface area contributed by atoms with Gasteiger partial charge in [-0.25, -0.2) is 0 Å². The Morgan fingerprint density at radius 1 is 1.20 bits per heavy atom. The van der Waals surface area contributed by atoms with E-state index in [9.17, 15) is 5.11 Å². The number of aliphatic hydroxyl groups excluding tert-OH is 1. The van der Waals surface area contributed by atoms with E-state index in [0.29, 0.717) is 19.1 Å². The molecular formula is C13H26O2. The summed E-state index contributed by atoms with van der Waals surface area (Å²) in [6, 6.07) is 0. The van der Waals surface area contributed by atoms with Gasteiger partial charge in [0.15, 0.2) is 0 Å². The number of rotatable bonds is 6. The van der Waals surface area contributed by atoms with Gasteiger partial charge in [0.2, 0.25) is 0 Å². The molecule has 1 rings (SSSR count). The molecule has 2 nitrogen and oxygen atoms in total. The Morgan fingerprint density at radius 2 is 1.87 bits per heavy atom. The van der Waals surface area contributed by atoms with Crippen LogP contribution in [0.2, 0.25) is 0 Å². The van der Waals surface area contributed by atoms with Crippen LogP contribution in [0.5, 0.6) is 0 Å². The first-order chi connectivity index (χ1) is 7.27. The Hall–Kier alpha value is -0.0800. The molecule has 0 aromatic rings. The van der Waals surface area contributed by atoms with E-state index >= 15 is 0 Å². The van der Waals surface area contributed by atoms with Crippen LogP contribution in [0.1, 0.15) is 52.4 Å². The van der Waals surface area contributed by atoms with Crippen LogP contribution in [-0.2, 0) is 4.74 Å². The van der Waals surface area contributed by atoms with Crippen molar-refractivity contribution in [1.29, 1.82) is 0 Å². The van der Waals surface area contributed by atoms with Crippen LogP contribution in [0.3, 0.4) is 0 Å². The fourth-order valence-corrected chi connectivity index (χ4v) is 2.64. The van der Waals surface area contributed by atoms with Crippen molar-refractivity contribution in [3.05, 3.63) is 0 Å². The van der Waals surface area contributed by atoms with Gasteiger partial charge in [-0.3, -0.25) is 0 Å². The van der Waals surface area contributed by atoms with Gasteiger partial charge in [-0.1, -0.05) is 32.6 Å². The smallest absolute Gasteiger partial charge is 0.0801 e. The summed E-state index contributed by atoms with van der Waals surface area (Å²) < 4.78 is 5.27. The highest BCUT2D eigenvalue weighted by atomic mass is 16.5. The molecule has 15 heavy (non-hydrogen) atoms. The maximum atomic E-state index is 9.90. The Kier molecular flexibility index (Phi) is 6.26. The molecule has 0 aliphatic heterocycles. The van der Waals surface area contributed by atoms with Gasteiger partial charge in [0, 0.05) is 6.61 Å². The van der Waals surface area contributed by atoms with Crippen molar-refractivity contribution in [2.24, 2.45) is 11.8 Å². The predicted octanol–water partition coefficient (Wildman–Crippen LogP) is 2.99. The monoisotopic (exact) mass is 214 g/mol. The van der Waals surface area contributed by atoms with Crippen LogP contribution in [0.25, 0.3) is 0 Å². The summed E-state index contributed by atoms with van der Waals surface area (Å²) in [6.07, 6.45) is 7.44. The summed E-state index contributed by atoms with van der Waals surface area (Å²) in [7, 11) is 0. The van der Waals surface area contributed by atoms with Crippen molar-refractivity contribution in [3.8, 4) is 0 Å². The minimum absolute atomic E-state index is 0.229. The average molecular weight is 214 g/mol. The zero-order valence-electron chi connectivity index (χ0n) is 10.2. The molecular weight excluding hydrogens is 188 g/mol. The minimum atomic E-state index is -0.229. The SMILES string of the molecule is CCCC1CCC(C(O)COCC)CC1. The molecule has 1 N–H and O–H groups in total. The molecule has 0 aromatic heterocycles. The lowest BCUT2D eigenvalue weighted by molar-refractivity contribution is -0.00564. The number of aliphatic hydroxyl groups is 1. The summed E-state index contributed by atoms with van der Waals surface area (Å²) in [4.78, 5) is 0. The molecule has 0 heterocycles. The topological polar surface area (TPSA) is 29.5 Å². The highest BCUT2D eigenvalue weighted by molar-refractivity contribution is 4.77. The van der Waals surface area contributed by atoms with E-state index < -0.39 is 0 Å². The Labute approximate surface area is 94.0 Å². The summed E-state index contributed by atoms with van der Waals surface area (Å²) in [6.45, 7) is 5.47. The second kappa shape index (κ2) is 7.24. The normalized spacial score (nSPS) is 29.0. The lowest BCUT2D eigenvalue weighted by Gasteiger charge is -2.31. The molecule has 1 aliphatic rings. The summed E-state index contributed by atoms with van der Waals surface area (Å²) in [5, 5.41) is 9.90. The van der Waals surface area contributed by atoms with Crippen LogP contribution in [0.4, 0.5) is 0 Å². The van der Waals surface area contributed by atoms with E-state index in [1.165, 1.54) is 38.5 Å². The third-order valence-electron chi connectivity index (χ3n) is 3.63. The largest absolute Gasteiger partial charge is 0.390 e. The van der Waals surface area contributed by atoms with E-state index in [1.807, 2.05) is 6.92 Å². The molecule has 1 saturated carbocycles. The molecule has 90 valence electrons. The van der Waals surface area contributed by atoms with Crippen molar-refractivity contribution >= 4 is 0 Å². The number of ether oxygens (including phenoxy) is 1. The predicted molar refractivity (Wildman–Crippen MR) is 62.9 cm³/mol. The van der Waals surface area contributed by atoms with E-state index in [2.05, 4.69) is 6.92 Å². The van der Waals surface area contributed by atoms with Crippen molar-refractivity contribution in [1.82, 2.24) is 0 Å². The molecule has 0 amide bonds. The zero-order chi connectivity index (χ0) is 11.1. The highest BCUT2D eigenvalue weighted by Crippen LogP contribution is 2.33. The maximum absolute atomic E-state index is 9.90. The first-order valence-electron chi connectivity index (χ1n) is 6.53. The van der Waals surface area contributed by atoms with Gasteiger partial charge >= 0.3 is 0 Å². The molecule has 0 spiro atoms. The van der Waals surface area contributed by atoms with Crippen molar-refractivity contribution < 1.29 is 9.84 Å². The van der Waals surface area contributed by atoms with Gasteiger partial charge in [0.25, 0.3) is 0 Å². The first kappa shape index (κ1) is 13.0. The van der Waals surface area contributed by atoms with Gasteiger partial charge in [0.05, 0.1) is 12.7 Å². The standard InChI is InChI=1S/C13H26O2/c1-3-5-11-6-8-12(9-7-11)13(14)10-15-4-2/h11-14H,3-10H2,1-2H3. The Balaban J connectivity index is 2.18. The van der Waals surface area contributed by atoms with Crippen molar-refractivity contribution in [3.63, 3.8) is 0 Å². The van der Waals surface area contributed by atoms with E-state index in [-0.39, 0.29) is 6.10 Å². The molecule has 0 saturated heterocycles. The molecule has 2 heteroatoms. The maximum Gasteiger partial charge on any atom is 0.0801 e. The number of hydrogen-bond donors (Lipinski definition) is 1. The van der Waals surface area contributed by atoms with Gasteiger partial charge in [-0.05, 0) is 31.6 Å². The summed E-state index contributed by atoms with van der Waals surface area (Å²) in [5.41, 5.74) is 0. The molecule has 1 fully saturated rings. The van der Waals surface area contributed by atoms with Crippen LogP contribution in [0, 0.1) is 11.8 Å². The molecule has 0 aromatic carbocycles. The highest BCUT2D eigenvalue weighted by Gasteiger charge is 2.25. The molecule has 1 aliphatic carbocycles. The van der Waals surface area contributed by atoms with Gasteiger partial charge in [0.1, 0.15) is 0 Å². The second-order valence-electron chi connectivity index (χ2n) is 4.80. The number of hydrogen-bond acceptors (Lipinski definition) is 2. The first-order valence-corrected chi connectivity index (χ1v) is 6.53.